The third-order valence-electron chi connectivity index (χ3n) is 3.48. The minimum atomic E-state index is -0.262. The van der Waals surface area contributed by atoms with E-state index in [1.54, 1.807) is 17.1 Å². The van der Waals surface area contributed by atoms with Gasteiger partial charge in [-0.25, -0.2) is 9.67 Å². The minimum Gasteiger partial charge on any atom is -0.394 e. The van der Waals surface area contributed by atoms with Gasteiger partial charge >= 0.3 is 0 Å². The lowest BCUT2D eigenvalue weighted by Gasteiger charge is -2.25. The van der Waals surface area contributed by atoms with Crippen LogP contribution in [0.1, 0.15) is 43.1 Å². The molecule has 0 bridgehead atoms. The van der Waals surface area contributed by atoms with Gasteiger partial charge in [-0.3, -0.25) is 4.79 Å². The molecule has 0 aliphatic carbocycles. The van der Waals surface area contributed by atoms with Crippen molar-refractivity contribution in [2.75, 3.05) is 6.61 Å². The van der Waals surface area contributed by atoms with Crippen molar-refractivity contribution < 1.29 is 9.90 Å². The van der Waals surface area contributed by atoms with E-state index in [-0.39, 0.29) is 24.0 Å². The Hall–Kier alpha value is -2.21. The summed E-state index contributed by atoms with van der Waals surface area (Å²) in [6.07, 6.45) is 3.79. The first kappa shape index (κ1) is 17.1. The number of nitrogens with zero attached hydrogens (tertiary/aromatic N) is 3. The molecule has 1 aromatic carbocycles. The van der Waals surface area contributed by atoms with Crippen molar-refractivity contribution in [3.63, 3.8) is 0 Å². The maximum Gasteiger partial charge on any atom is 0.251 e. The molecule has 6 heteroatoms. The lowest BCUT2D eigenvalue weighted by molar-refractivity contribution is 0.0896. The number of hydrogen-bond donors (Lipinski definition) is 2. The molecule has 0 radical (unpaired) electrons. The summed E-state index contributed by atoms with van der Waals surface area (Å²) in [5, 5.41) is 16.5. The second-order valence-corrected chi connectivity index (χ2v) is 6.87. The number of nitrogens with one attached hydrogen (secondary N) is 1. The van der Waals surface area contributed by atoms with Crippen molar-refractivity contribution in [2.45, 2.75) is 39.8 Å². The number of hydrogen-bond acceptors (Lipinski definition) is 4. The second kappa shape index (κ2) is 7.37. The molecule has 23 heavy (non-hydrogen) atoms. The summed E-state index contributed by atoms with van der Waals surface area (Å²) in [7, 11) is 0. The third-order valence-corrected chi connectivity index (χ3v) is 3.48. The normalized spacial score (nSPS) is 12.9. The Morgan fingerprint density at radius 1 is 1.35 bits per heavy atom. The summed E-state index contributed by atoms with van der Waals surface area (Å²) < 4.78 is 1.67. The van der Waals surface area contributed by atoms with Crippen LogP contribution in [0.25, 0.3) is 0 Å². The molecule has 1 atom stereocenters. The van der Waals surface area contributed by atoms with E-state index >= 15 is 0 Å². The fraction of sp³-hybridized carbons (Fsp3) is 0.471. The summed E-state index contributed by atoms with van der Waals surface area (Å²) in [5.41, 5.74) is 1.49. The van der Waals surface area contributed by atoms with Gasteiger partial charge in [0.15, 0.2) is 0 Å². The standard InChI is InChI=1S/C17H24N4O2/c1-17(2,3)8-14(10-22)20-16(23)15-7-5-4-6-13(15)9-21-12-18-11-19-21/h4-7,11-12,14,22H,8-10H2,1-3H3,(H,20,23). The van der Waals surface area contributed by atoms with Crippen molar-refractivity contribution >= 4 is 5.91 Å². The predicted octanol–water partition coefficient (Wildman–Crippen LogP) is 1.85. The Morgan fingerprint density at radius 2 is 2.09 bits per heavy atom. The molecule has 1 heterocycles. The van der Waals surface area contributed by atoms with E-state index in [9.17, 15) is 9.90 Å². The Balaban J connectivity index is 2.12. The van der Waals surface area contributed by atoms with Gasteiger partial charge in [0.2, 0.25) is 0 Å². The van der Waals surface area contributed by atoms with Gasteiger partial charge in [0.05, 0.1) is 19.2 Å². The lowest BCUT2D eigenvalue weighted by atomic mass is 9.88. The van der Waals surface area contributed by atoms with E-state index in [0.717, 1.165) is 5.56 Å². The third kappa shape index (κ3) is 5.17. The number of carbonyl (C=O) groups excluding carboxylic acids is 1. The van der Waals surface area contributed by atoms with Crippen LogP contribution in [0.3, 0.4) is 0 Å². The van der Waals surface area contributed by atoms with Crippen LogP contribution in [0.2, 0.25) is 0 Å². The van der Waals surface area contributed by atoms with Crippen LogP contribution in [-0.4, -0.2) is 38.4 Å². The van der Waals surface area contributed by atoms with Gasteiger partial charge < -0.3 is 10.4 Å². The Morgan fingerprint density at radius 3 is 2.70 bits per heavy atom. The average molecular weight is 316 g/mol. The van der Waals surface area contributed by atoms with E-state index in [1.807, 2.05) is 18.2 Å². The number of carbonyl (C=O) groups is 1. The van der Waals surface area contributed by atoms with E-state index in [1.165, 1.54) is 6.33 Å². The molecule has 2 aromatic rings. The quantitative estimate of drug-likeness (QED) is 0.852. The molecule has 6 nitrogen and oxygen atoms in total. The molecule has 0 saturated heterocycles. The predicted molar refractivity (Wildman–Crippen MR) is 88.0 cm³/mol. The molecule has 0 aliphatic heterocycles. The Bertz CT molecular complexity index is 632. The zero-order chi connectivity index (χ0) is 16.9. The molecule has 0 aliphatic rings. The van der Waals surface area contributed by atoms with Crippen LogP contribution in [0.5, 0.6) is 0 Å². The zero-order valence-electron chi connectivity index (χ0n) is 13.9. The maximum absolute atomic E-state index is 12.6. The smallest absolute Gasteiger partial charge is 0.251 e. The number of benzene rings is 1. The van der Waals surface area contributed by atoms with Gasteiger partial charge in [-0.05, 0) is 23.5 Å². The lowest BCUT2D eigenvalue weighted by Crippen LogP contribution is -2.40. The first-order valence-electron chi connectivity index (χ1n) is 7.71. The van der Waals surface area contributed by atoms with Crippen LogP contribution in [0.15, 0.2) is 36.9 Å². The molecule has 2 N–H and O–H groups in total. The molecular weight excluding hydrogens is 292 g/mol. The summed E-state index contributed by atoms with van der Waals surface area (Å²) in [6.45, 7) is 6.66. The van der Waals surface area contributed by atoms with Crippen LogP contribution >= 0.6 is 0 Å². The highest BCUT2D eigenvalue weighted by Gasteiger charge is 2.21. The average Bonchev–Trinajstić information content (AvgIpc) is 2.98. The molecule has 0 fully saturated rings. The highest BCUT2D eigenvalue weighted by Crippen LogP contribution is 2.21. The zero-order valence-corrected chi connectivity index (χ0v) is 13.9. The van der Waals surface area contributed by atoms with E-state index in [2.05, 4.69) is 36.2 Å². The van der Waals surface area contributed by atoms with Crippen molar-refractivity contribution in [3.8, 4) is 0 Å². The fourth-order valence-corrected chi connectivity index (χ4v) is 2.53. The summed E-state index contributed by atoms with van der Waals surface area (Å²) in [6, 6.07) is 7.14. The number of rotatable bonds is 6. The minimum absolute atomic E-state index is 0.0287. The fourth-order valence-electron chi connectivity index (χ4n) is 2.53. The summed E-state index contributed by atoms with van der Waals surface area (Å²) in [5.74, 6) is -0.177. The number of aromatic nitrogens is 3. The Labute approximate surface area is 136 Å². The SMILES string of the molecule is CC(C)(C)CC(CO)NC(=O)c1ccccc1Cn1cncn1. The highest BCUT2D eigenvalue weighted by atomic mass is 16.3. The van der Waals surface area contributed by atoms with Crippen LogP contribution < -0.4 is 5.32 Å². The van der Waals surface area contributed by atoms with Gasteiger partial charge in [-0.2, -0.15) is 5.10 Å². The van der Waals surface area contributed by atoms with Crippen molar-refractivity contribution in [1.82, 2.24) is 20.1 Å². The second-order valence-electron chi connectivity index (χ2n) is 6.87. The van der Waals surface area contributed by atoms with Gasteiger partial charge in [0, 0.05) is 5.56 Å². The van der Waals surface area contributed by atoms with Gasteiger partial charge in [-0.15, -0.1) is 0 Å². The molecule has 1 aromatic heterocycles. The number of amides is 1. The van der Waals surface area contributed by atoms with Crippen molar-refractivity contribution in [1.29, 1.82) is 0 Å². The number of aliphatic hydroxyl groups is 1. The van der Waals surface area contributed by atoms with E-state index in [0.29, 0.717) is 18.5 Å². The van der Waals surface area contributed by atoms with Gasteiger partial charge in [-0.1, -0.05) is 39.0 Å². The topological polar surface area (TPSA) is 80.0 Å². The molecule has 0 spiro atoms. The van der Waals surface area contributed by atoms with E-state index in [4.69, 9.17) is 0 Å². The highest BCUT2D eigenvalue weighted by molar-refractivity contribution is 5.95. The molecule has 0 saturated carbocycles. The summed E-state index contributed by atoms with van der Waals surface area (Å²) >= 11 is 0. The first-order chi connectivity index (χ1) is 10.9. The van der Waals surface area contributed by atoms with Gasteiger partial charge in [0.25, 0.3) is 5.91 Å². The van der Waals surface area contributed by atoms with Crippen LogP contribution in [0, 0.1) is 5.41 Å². The Kier molecular flexibility index (Phi) is 5.50. The first-order valence-corrected chi connectivity index (χ1v) is 7.71. The van der Waals surface area contributed by atoms with Crippen LogP contribution in [0.4, 0.5) is 0 Å². The molecule has 1 amide bonds. The summed E-state index contributed by atoms with van der Waals surface area (Å²) in [4.78, 5) is 16.5. The largest absolute Gasteiger partial charge is 0.394 e. The number of aliphatic hydroxyl groups excluding tert-OH is 1. The maximum atomic E-state index is 12.6. The van der Waals surface area contributed by atoms with Crippen LogP contribution in [-0.2, 0) is 6.54 Å². The van der Waals surface area contributed by atoms with Crippen molar-refractivity contribution in [3.05, 3.63) is 48.0 Å². The van der Waals surface area contributed by atoms with Crippen molar-refractivity contribution in [2.24, 2.45) is 5.41 Å². The van der Waals surface area contributed by atoms with E-state index < -0.39 is 0 Å². The molecule has 124 valence electrons. The molecule has 2 rings (SSSR count). The monoisotopic (exact) mass is 316 g/mol. The van der Waals surface area contributed by atoms with Gasteiger partial charge in [0.1, 0.15) is 12.7 Å². The molecular formula is C17H24N4O2. The molecule has 1 unspecified atom stereocenters.